The van der Waals surface area contributed by atoms with Gasteiger partial charge in [0.25, 0.3) is 0 Å². The molecule has 0 aliphatic rings. The van der Waals surface area contributed by atoms with E-state index in [9.17, 15) is 8.42 Å². The third-order valence-corrected chi connectivity index (χ3v) is 4.63. The summed E-state index contributed by atoms with van der Waals surface area (Å²) in [6.45, 7) is 5.33. The lowest BCUT2D eigenvalue weighted by molar-refractivity contribution is 0.311. The Hall–Kier alpha value is -2.05. The fourth-order valence-electron chi connectivity index (χ4n) is 2.46. The highest BCUT2D eigenvalue weighted by atomic mass is 127. The van der Waals surface area contributed by atoms with Gasteiger partial charge in [0.05, 0.1) is 25.2 Å². The van der Waals surface area contributed by atoms with E-state index < -0.39 is 10.0 Å². The van der Waals surface area contributed by atoms with Crippen molar-refractivity contribution in [3.63, 3.8) is 0 Å². The molecule has 0 saturated heterocycles. The first-order valence-corrected chi connectivity index (χ1v) is 10.4. The average molecular weight is 534 g/mol. The zero-order valence-electron chi connectivity index (χ0n) is 16.6. The van der Waals surface area contributed by atoms with Crippen LogP contribution in [0.1, 0.15) is 19.4 Å². The standard InChI is InChI=1S/C19H26N4O4S.HI/c1-4-21-19(22-13-14-7-6-8-16(11-14)28(20,24)25)23-15-9-10-17(26-3)18(12-15)27-5-2;/h6-12H,4-5,13H2,1-3H3,(H2,20,24,25)(H2,21,22,23);1H. The zero-order valence-corrected chi connectivity index (χ0v) is 19.8. The highest BCUT2D eigenvalue weighted by Gasteiger charge is 2.09. The number of guanidine groups is 1. The van der Waals surface area contributed by atoms with Gasteiger partial charge in [0, 0.05) is 18.3 Å². The van der Waals surface area contributed by atoms with Crippen LogP contribution in [0.15, 0.2) is 52.4 Å². The maximum Gasteiger partial charge on any atom is 0.238 e. The van der Waals surface area contributed by atoms with E-state index in [0.29, 0.717) is 30.6 Å². The van der Waals surface area contributed by atoms with E-state index in [0.717, 1.165) is 11.3 Å². The summed E-state index contributed by atoms with van der Waals surface area (Å²) in [6.07, 6.45) is 0. The molecule has 2 aromatic rings. The van der Waals surface area contributed by atoms with Crippen molar-refractivity contribution >= 4 is 45.6 Å². The SMILES string of the molecule is CCNC(=NCc1cccc(S(N)(=O)=O)c1)Nc1ccc(OC)c(OCC)c1.I. The molecule has 0 heterocycles. The van der Waals surface area contributed by atoms with E-state index in [1.807, 2.05) is 32.0 Å². The second-order valence-corrected chi connectivity index (χ2v) is 7.37. The van der Waals surface area contributed by atoms with Crippen LogP contribution in [-0.4, -0.2) is 34.6 Å². The van der Waals surface area contributed by atoms with Crippen molar-refractivity contribution in [1.82, 2.24) is 5.32 Å². The summed E-state index contributed by atoms with van der Waals surface area (Å²) in [4.78, 5) is 4.57. The van der Waals surface area contributed by atoms with Crippen molar-refractivity contribution in [2.24, 2.45) is 10.1 Å². The third kappa shape index (κ3) is 7.71. The van der Waals surface area contributed by atoms with Crippen molar-refractivity contribution in [2.75, 3.05) is 25.6 Å². The van der Waals surface area contributed by atoms with Crippen LogP contribution in [-0.2, 0) is 16.6 Å². The molecule has 0 atom stereocenters. The van der Waals surface area contributed by atoms with Gasteiger partial charge in [-0.2, -0.15) is 0 Å². The van der Waals surface area contributed by atoms with Gasteiger partial charge in [-0.25, -0.2) is 18.5 Å². The maximum absolute atomic E-state index is 11.5. The number of rotatable bonds is 8. The number of benzene rings is 2. The lowest BCUT2D eigenvalue weighted by Gasteiger charge is -2.14. The number of hydrogen-bond donors (Lipinski definition) is 3. The lowest BCUT2D eigenvalue weighted by atomic mass is 10.2. The minimum Gasteiger partial charge on any atom is -0.493 e. The summed E-state index contributed by atoms with van der Waals surface area (Å²) in [6, 6.07) is 11.9. The number of methoxy groups -OCH3 is 1. The molecule has 160 valence electrons. The van der Waals surface area contributed by atoms with Gasteiger partial charge in [-0.3, -0.25) is 0 Å². The molecule has 8 nitrogen and oxygen atoms in total. The molecule has 0 unspecified atom stereocenters. The Morgan fingerprint density at radius 1 is 1.14 bits per heavy atom. The minimum absolute atomic E-state index is 0. The van der Waals surface area contributed by atoms with Crippen LogP contribution < -0.4 is 25.2 Å². The van der Waals surface area contributed by atoms with E-state index in [4.69, 9.17) is 14.6 Å². The topological polar surface area (TPSA) is 115 Å². The Morgan fingerprint density at radius 3 is 2.52 bits per heavy atom. The maximum atomic E-state index is 11.5. The molecule has 0 aliphatic carbocycles. The number of ether oxygens (including phenoxy) is 2. The first kappa shape index (κ1) is 25.0. The molecule has 2 rings (SSSR count). The predicted molar refractivity (Wildman–Crippen MR) is 126 cm³/mol. The van der Waals surface area contributed by atoms with Crippen LogP contribution >= 0.6 is 24.0 Å². The first-order chi connectivity index (χ1) is 13.4. The number of nitrogens with zero attached hydrogens (tertiary/aromatic N) is 1. The fourth-order valence-corrected chi connectivity index (χ4v) is 3.04. The first-order valence-electron chi connectivity index (χ1n) is 8.85. The van der Waals surface area contributed by atoms with Crippen LogP contribution in [0.4, 0.5) is 5.69 Å². The Morgan fingerprint density at radius 2 is 1.90 bits per heavy atom. The van der Waals surface area contributed by atoms with Crippen LogP contribution in [0.2, 0.25) is 0 Å². The normalized spacial score (nSPS) is 11.4. The summed E-state index contributed by atoms with van der Waals surface area (Å²) in [5, 5.41) is 11.5. The van der Waals surface area contributed by atoms with Gasteiger partial charge < -0.3 is 20.1 Å². The molecule has 0 bridgehead atoms. The number of hydrogen-bond acceptors (Lipinski definition) is 5. The molecule has 0 aliphatic heterocycles. The van der Waals surface area contributed by atoms with Gasteiger partial charge in [0.15, 0.2) is 17.5 Å². The number of halogens is 1. The number of sulfonamides is 1. The van der Waals surface area contributed by atoms with Crippen molar-refractivity contribution in [1.29, 1.82) is 0 Å². The molecule has 0 fully saturated rings. The van der Waals surface area contributed by atoms with Crippen LogP contribution in [0, 0.1) is 0 Å². The molecule has 0 amide bonds. The number of anilines is 1. The monoisotopic (exact) mass is 534 g/mol. The largest absolute Gasteiger partial charge is 0.493 e. The lowest BCUT2D eigenvalue weighted by Crippen LogP contribution is -2.30. The van der Waals surface area contributed by atoms with E-state index in [1.54, 1.807) is 19.2 Å². The molecule has 0 spiro atoms. The smallest absolute Gasteiger partial charge is 0.238 e. The Labute approximate surface area is 189 Å². The van der Waals surface area contributed by atoms with E-state index in [-0.39, 0.29) is 35.4 Å². The number of aliphatic imine (C=N–C) groups is 1. The van der Waals surface area contributed by atoms with E-state index in [1.165, 1.54) is 12.1 Å². The second-order valence-electron chi connectivity index (χ2n) is 5.81. The van der Waals surface area contributed by atoms with Crippen molar-refractivity contribution in [3.05, 3.63) is 48.0 Å². The van der Waals surface area contributed by atoms with E-state index in [2.05, 4.69) is 15.6 Å². The van der Waals surface area contributed by atoms with Crippen molar-refractivity contribution < 1.29 is 17.9 Å². The number of nitrogens with one attached hydrogen (secondary N) is 2. The van der Waals surface area contributed by atoms with Gasteiger partial charge in [-0.05, 0) is 43.7 Å². The fraction of sp³-hybridized carbons (Fsp3) is 0.316. The van der Waals surface area contributed by atoms with Gasteiger partial charge in [-0.15, -0.1) is 24.0 Å². The van der Waals surface area contributed by atoms with E-state index >= 15 is 0 Å². The van der Waals surface area contributed by atoms with Crippen LogP contribution in [0.25, 0.3) is 0 Å². The highest BCUT2D eigenvalue weighted by Crippen LogP contribution is 2.30. The summed E-state index contributed by atoms with van der Waals surface area (Å²) >= 11 is 0. The second kappa shape index (κ2) is 11.8. The number of primary sulfonamides is 1. The summed E-state index contributed by atoms with van der Waals surface area (Å²) in [5.41, 5.74) is 1.51. The minimum atomic E-state index is -3.75. The molecule has 29 heavy (non-hydrogen) atoms. The van der Waals surface area contributed by atoms with Gasteiger partial charge in [0.2, 0.25) is 10.0 Å². The Balaban J connectivity index is 0.00000420. The van der Waals surface area contributed by atoms with Gasteiger partial charge in [0.1, 0.15) is 0 Å². The molecule has 10 heteroatoms. The Kier molecular flexibility index (Phi) is 10.2. The molecule has 4 N–H and O–H groups in total. The summed E-state index contributed by atoms with van der Waals surface area (Å²) in [5.74, 6) is 1.83. The molecule has 0 radical (unpaired) electrons. The molecule has 0 saturated carbocycles. The van der Waals surface area contributed by atoms with Crippen molar-refractivity contribution in [3.8, 4) is 11.5 Å². The molecular formula is C19H27IN4O4S. The van der Waals surface area contributed by atoms with Crippen LogP contribution in [0.5, 0.6) is 11.5 Å². The van der Waals surface area contributed by atoms with Crippen LogP contribution in [0.3, 0.4) is 0 Å². The highest BCUT2D eigenvalue weighted by molar-refractivity contribution is 14.0. The predicted octanol–water partition coefficient (Wildman–Crippen LogP) is 2.94. The third-order valence-electron chi connectivity index (χ3n) is 3.72. The van der Waals surface area contributed by atoms with Crippen molar-refractivity contribution in [2.45, 2.75) is 25.3 Å². The molecule has 0 aromatic heterocycles. The summed E-state index contributed by atoms with van der Waals surface area (Å²) < 4.78 is 33.9. The molecular weight excluding hydrogens is 507 g/mol. The zero-order chi connectivity index (χ0) is 20.6. The summed E-state index contributed by atoms with van der Waals surface area (Å²) in [7, 11) is -2.16. The average Bonchev–Trinajstić information content (AvgIpc) is 2.66. The Bertz CT molecular complexity index is 936. The van der Waals surface area contributed by atoms with Gasteiger partial charge in [-0.1, -0.05) is 12.1 Å². The molecule has 2 aromatic carbocycles. The quantitative estimate of drug-likeness (QED) is 0.273. The number of nitrogens with two attached hydrogens (primary N) is 1. The van der Waals surface area contributed by atoms with Gasteiger partial charge >= 0.3 is 0 Å².